The van der Waals surface area contributed by atoms with Gasteiger partial charge in [-0.2, -0.15) is 0 Å². The lowest BCUT2D eigenvalue weighted by atomic mass is 9.97. The molecule has 0 spiro atoms. The molecule has 0 unspecified atom stereocenters. The number of hydrogen-bond acceptors (Lipinski definition) is 3. The van der Waals surface area contributed by atoms with E-state index < -0.39 is 12.0 Å². The van der Waals surface area contributed by atoms with Gasteiger partial charge in [0.2, 0.25) is 5.91 Å². The summed E-state index contributed by atoms with van der Waals surface area (Å²) in [6.45, 7) is 5.20. The van der Waals surface area contributed by atoms with Crippen LogP contribution >= 0.6 is 0 Å². The van der Waals surface area contributed by atoms with Crippen LogP contribution in [0.5, 0.6) is 0 Å². The number of carboxylic acids is 1. The van der Waals surface area contributed by atoms with Gasteiger partial charge in [-0.3, -0.25) is 4.79 Å². The lowest BCUT2D eigenvalue weighted by Gasteiger charge is -2.17. The van der Waals surface area contributed by atoms with Crippen molar-refractivity contribution >= 4 is 11.9 Å². The minimum absolute atomic E-state index is 0.0987. The van der Waals surface area contributed by atoms with E-state index in [0.29, 0.717) is 13.0 Å². The van der Waals surface area contributed by atoms with Gasteiger partial charge in [0.05, 0.1) is 5.92 Å². The predicted octanol–water partition coefficient (Wildman–Crippen LogP) is -0.179. The minimum atomic E-state index is -0.968. The van der Waals surface area contributed by atoms with E-state index in [0.717, 1.165) is 6.54 Å². The highest BCUT2D eigenvalue weighted by molar-refractivity contribution is 5.85. The molecule has 3 N–H and O–H groups in total. The van der Waals surface area contributed by atoms with Crippen LogP contribution < -0.4 is 10.6 Å². The summed E-state index contributed by atoms with van der Waals surface area (Å²) in [5.74, 6) is -0.944. The van der Waals surface area contributed by atoms with Crippen LogP contribution in [0.15, 0.2) is 0 Å². The summed E-state index contributed by atoms with van der Waals surface area (Å²) < 4.78 is 0. The summed E-state index contributed by atoms with van der Waals surface area (Å²) in [7, 11) is 0. The number of aliphatic carboxylic acids is 1. The van der Waals surface area contributed by atoms with E-state index in [-0.39, 0.29) is 17.7 Å². The van der Waals surface area contributed by atoms with E-state index >= 15 is 0 Å². The zero-order chi connectivity index (χ0) is 11.4. The third kappa shape index (κ3) is 2.92. The Morgan fingerprint density at radius 2 is 2.20 bits per heavy atom. The molecule has 0 aromatic rings. The van der Waals surface area contributed by atoms with Crippen molar-refractivity contribution in [2.75, 3.05) is 13.1 Å². The fourth-order valence-electron chi connectivity index (χ4n) is 1.78. The number of carbonyl (C=O) groups excluding carboxylic acids is 1. The summed E-state index contributed by atoms with van der Waals surface area (Å²) in [5, 5.41) is 14.5. The summed E-state index contributed by atoms with van der Waals surface area (Å²) in [6, 6.07) is -0.759. The highest BCUT2D eigenvalue weighted by Crippen LogP contribution is 2.16. The smallest absolute Gasteiger partial charge is 0.326 e. The average molecular weight is 214 g/mol. The van der Waals surface area contributed by atoms with Crippen LogP contribution in [0.4, 0.5) is 0 Å². The van der Waals surface area contributed by atoms with Gasteiger partial charge in [-0.15, -0.1) is 0 Å². The molecule has 1 amide bonds. The van der Waals surface area contributed by atoms with Crippen molar-refractivity contribution in [3.8, 4) is 0 Å². The van der Waals surface area contributed by atoms with Gasteiger partial charge in [0, 0.05) is 6.54 Å². The molecule has 5 heteroatoms. The van der Waals surface area contributed by atoms with E-state index in [1.807, 2.05) is 6.92 Å². The van der Waals surface area contributed by atoms with E-state index in [4.69, 9.17) is 5.11 Å². The maximum absolute atomic E-state index is 11.7. The van der Waals surface area contributed by atoms with Crippen molar-refractivity contribution in [1.82, 2.24) is 10.6 Å². The van der Waals surface area contributed by atoms with Crippen LogP contribution in [0.1, 0.15) is 20.3 Å². The quantitative estimate of drug-likeness (QED) is 0.606. The van der Waals surface area contributed by atoms with Gasteiger partial charge in [0.25, 0.3) is 0 Å². The third-order valence-corrected chi connectivity index (χ3v) is 2.88. The van der Waals surface area contributed by atoms with E-state index in [1.165, 1.54) is 0 Å². The second-order valence-corrected chi connectivity index (χ2v) is 4.05. The SMILES string of the molecule is CC[C@@H](NC(=O)[C@@H]1CNC[C@H]1C)C(=O)O. The van der Waals surface area contributed by atoms with E-state index in [9.17, 15) is 9.59 Å². The van der Waals surface area contributed by atoms with Gasteiger partial charge in [0.15, 0.2) is 0 Å². The minimum Gasteiger partial charge on any atom is -0.480 e. The first-order valence-electron chi connectivity index (χ1n) is 5.30. The van der Waals surface area contributed by atoms with Gasteiger partial charge in [-0.1, -0.05) is 13.8 Å². The number of nitrogens with one attached hydrogen (secondary N) is 2. The van der Waals surface area contributed by atoms with Crippen LogP contribution in [0.2, 0.25) is 0 Å². The number of carbonyl (C=O) groups is 2. The Morgan fingerprint density at radius 3 is 2.60 bits per heavy atom. The average Bonchev–Trinajstić information content (AvgIpc) is 2.60. The monoisotopic (exact) mass is 214 g/mol. The highest BCUT2D eigenvalue weighted by Gasteiger charge is 2.31. The molecule has 15 heavy (non-hydrogen) atoms. The molecular weight excluding hydrogens is 196 g/mol. The predicted molar refractivity (Wildman–Crippen MR) is 55.4 cm³/mol. The van der Waals surface area contributed by atoms with Crippen molar-refractivity contribution in [3.63, 3.8) is 0 Å². The van der Waals surface area contributed by atoms with E-state index in [1.54, 1.807) is 6.92 Å². The maximum Gasteiger partial charge on any atom is 0.326 e. The lowest BCUT2D eigenvalue weighted by molar-refractivity contribution is -0.142. The first-order valence-corrected chi connectivity index (χ1v) is 5.30. The molecule has 0 aliphatic carbocycles. The Balaban J connectivity index is 2.50. The number of carboxylic acid groups (broad SMARTS) is 1. The molecular formula is C10H18N2O3. The molecule has 5 nitrogen and oxygen atoms in total. The third-order valence-electron chi connectivity index (χ3n) is 2.88. The molecule has 1 rings (SSSR count). The molecule has 0 bridgehead atoms. The largest absolute Gasteiger partial charge is 0.480 e. The summed E-state index contributed by atoms with van der Waals surface area (Å²) in [4.78, 5) is 22.4. The molecule has 1 fully saturated rings. The molecule has 0 saturated carbocycles. The van der Waals surface area contributed by atoms with Crippen molar-refractivity contribution in [2.24, 2.45) is 11.8 Å². The molecule has 0 radical (unpaired) electrons. The molecule has 1 aliphatic rings. The maximum atomic E-state index is 11.7. The Labute approximate surface area is 89.2 Å². The molecule has 1 aliphatic heterocycles. The summed E-state index contributed by atoms with van der Waals surface area (Å²) in [5.41, 5.74) is 0. The summed E-state index contributed by atoms with van der Waals surface area (Å²) in [6.07, 6.45) is 0.412. The van der Waals surface area contributed by atoms with Gasteiger partial charge in [0.1, 0.15) is 6.04 Å². The van der Waals surface area contributed by atoms with Crippen LogP contribution in [-0.4, -0.2) is 36.1 Å². The zero-order valence-corrected chi connectivity index (χ0v) is 9.12. The van der Waals surface area contributed by atoms with Gasteiger partial charge >= 0.3 is 5.97 Å². The standard InChI is InChI=1S/C10H18N2O3/c1-3-8(10(14)15)12-9(13)7-5-11-4-6(7)2/h6-8,11H,3-5H2,1-2H3,(H,12,13)(H,14,15)/t6-,7-,8-/m1/s1. The van der Waals surface area contributed by atoms with Crippen molar-refractivity contribution < 1.29 is 14.7 Å². The fourth-order valence-corrected chi connectivity index (χ4v) is 1.78. The number of rotatable bonds is 4. The topological polar surface area (TPSA) is 78.4 Å². The Kier molecular flexibility index (Phi) is 4.08. The van der Waals surface area contributed by atoms with Crippen molar-refractivity contribution in [2.45, 2.75) is 26.3 Å². The number of hydrogen-bond donors (Lipinski definition) is 3. The normalized spacial score (nSPS) is 27.3. The fraction of sp³-hybridized carbons (Fsp3) is 0.800. The van der Waals surface area contributed by atoms with Crippen molar-refractivity contribution in [1.29, 1.82) is 0 Å². The summed E-state index contributed by atoms with van der Waals surface area (Å²) >= 11 is 0. The highest BCUT2D eigenvalue weighted by atomic mass is 16.4. The Morgan fingerprint density at radius 1 is 1.53 bits per heavy atom. The molecule has 1 saturated heterocycles. The van der Waals surface area contributed by atoms with Crippen LogP contribution in [0, 0.1) is 11.8 Å². The Hall–Kier alpha value is -1.10. The van der Waals surface area contributed by atoms with E-state index in [2.05, 4.69) is 10.6 Å². The van der Waals surface area contributed by atoms with Gasteiger partial charge in [-0.05, 0) is 18.9 Å². The van der Waals surface area contributed by atoms with Crippen LogP contribution in [0.25, 0.3) is 0 Å². The van der Waals surface area contributed by atoms with Gasteiger partial charge in [-0.25, -0.2) is 4.79 Å². The first-order chi connectivity index (χ1) is 7.06. The van der Waals surface area contributed by atoms with Crippen LogP contribution in [0.3, 0.4) is 0 Å². The van der Waals surface area contributed by atoms with Crippen LogP contribution in [-0.2, 0) is 9.59 Å². The lowest BCUT2D eigenvalue weighted by Crippen LogP contribution is -2.44. The zero-order valence-electron chi connectivity index (χ0n) is 9.12. The van der Waals surface area contributed by atoms with Crippen molar-refractivity contribution in [3.05, 3.63) is 0 Å². The molecule has 0 aromatic carbocycles. The molecule has 86 valence electrons. The second-order valence-electron chi connectivity index (χ2n) is 4.05. The molecule has 3 atom stereocenters. The molecule has 1 heterocycles. The Bertz CT molecular complexity index is 255. The number of amides is 1. The van der Waals surface area contributed by atoms with Gasteiger partial charge < -0.3 is 15.7 Å². The molecule has 0 aromatic heterocycles. The first kappa shape index (κ1) is 12.0. The second kappa shape index (κ2) is 5.11.